The molecular formula is C13H17NO4S. The molecule has 5 nitrogen and oxygen atoms in total. The van der Waals surface area contributed by atoms with E-state index >= 15 is 0 Å². The highest BCUT2D eigenvalue weighted by molar-refractivity contribution is 7.90. The van der Waals surface area contributed by atoms with Gasteiger partial charge in [0.15, 0.2) is 0 Å². The Hall–Kier alpha value is -1.66. The van der Waals surface area contributed by atoms with Gasteiger partial charge < -0.3 is 5.11 Å². The van der Waals surface area contributed by atoms with Crippen LogP contribution in [0.4, 0.5) is 0 Å². The lowest BCUT2D eigenvalue weighted by Gasteiger charge is -2.09. The summed E-state index contributed by atoms with van der Waals surface area (Å²) in [6.07, 6.45) is 2.50. The predicted molar refractivity (Wildman–Crippen MR) is 74.0 cm³/mol. The largest absolute Gasteiger partial charge is 0.478 e. The summed E-state index contributed by atoms with van der Waals surface area (Å²) in [7, 11) is -3.30. The molecule has 1 rings (SSSR count). The van der Waals surface area contributed by atoms with Crippen molar-refractivity contribution >= 4 is 22.1 Å². The normalized spacial score (nSPS) is 12.2. The number of hydrogen-bond acceptors (Lipinski definition) is 3. The molecule has 0 bridgehead atoms. The Bertz CT molecular complexity index is 576. The molecule has 0 heterocycles. The second kappa shape index (κ2) is 6.49. The fourth-order valence-corrected chi connectivity index (χ4v) is 2.03. The van der Waals surface area contributed by atoms with Gasteiger partial charge in [0.1, 0.15) is 0 Å². The van der Waals surface area contributed by atoms with E-state index in [1.807, 2.05) is 0 Å². The number of aliphatic carboxylic acids is 1. The first kappa shape index (κ1) is 15.4. The first-order valence-electron chi connectivity index (χ1n) is 5.79. The molecule has 0 aliphatic carbocycles. The molecule has 0 radical (unpaired) electrons. The van der Waals surface area contributed by atoms with Crippen molar-refractivity contribution < 1.29 is 18.3 Å². The van der Waals surface area contributed by atoms with Crippen LogP contribution in [0.2, 0.25) is 0 Å². The summed E-state index contributed by atoms with van der Waals surface area (Å²) < 4.78 is 25.7. The van der Waals surface area contributed by atoms with Crippen molar-refractivity contribution in [3.8, 4) is 0 Å². The Morgan fingerprint density at radius 3 is 2.68 bits per heavy atom. The van der Waals surface area contributed by atoms with E-state index in [9.17, 15) is 13.2 Å². The Labute approximate surface area is 113 Å². The van der Waals surface area contributed by atoms with E-state index in [-0.39, 0.29) is 6.54 Å². The monoisotopic (exact) mass is 283 g/mol. The maximum absolute atomic E-state index is 11.6. The number of carbonyl (C=O) groups is 1. The minimum absolute atomic E-state index is 0.190. The Morgan fingerprint density at radius 2 is 2.11 bits per heavy atom. The number of nitrogens with one attached hydrogen (secondary N) is 1. The van der Waals surface area contributed by atoms with Crippen LogP contribution in [0.1, 0.15) is 25.0 Å². The summed E-state index contributed by atoms with van der Waals surface area (Å²) >= 11 is 0. The highest BCUT2D eigenvalue weighted by atomic mass is 32.2. The molecule has 0 unspecified atom stereocenters. The van der Waals surface area contributed by atoms with Crippen LogP contribution >= 0.6 is 0 Å². The van der Waals surface area contributed by atoms with Crippen LogP contribution in [0, 0.1) is 0 Å². The third-order valence-corrected chi connectivity index (χ3v) is 4.26. The van der Waals surface area contributed by atoms with Crippen LogP contribution in [0.5, 0.6) is 0 Å². The minimum Gasteiger partial charge on any atom is -0.478 e. The Morgan fingerprint density at radius 1 is 1.42 bits per heavy atom. The second-order valence-electron chi connectivity index (χ2n) is 4.33. The van der Waals surface area contributed by atoms with E-state index in [1.54, 1.807) is 38.1 Å². The molecule has 0 aliphatic rings. The van der Waals surface area contributed by atoms with Crippen molar-refractivity contribution in [1.29, 1.82) is 0 Å². The molecular weight excluding hydrogens is 266 g/mol. The smallest absolute Gasteiger partial charge is 0.328 e. The summed E-state index contributed by atoms with van der Waals surface area (Å²) in [6.45, 7) is 3.40. The molecule has 6 heteroatoms. The quantitative estimate of drug-likeness (QED) is 0.777. The summed E-state index contributed by atoms with van der Waals surface area (Å²) in [6, 6.07) is 7.02. The van der Waals surface area contributed by atoms with Crippen LogP contribution in [-0.4, -0.2) is 24.7 Å². The van der Waals surface area contributed by atoms with Crippen LogP contribution in [0.3, 0.4) is 0 Å². The SMILES string of the molecule is CC(C)S(=O)(=O)NCc1cccc(/C=C/C(=O)O)c1. The van der Waals surface area contributed by atoms with Crippen molar-refractivity contribution in [1.82, 2.24) is 4.72 Å². The fourth-order valence-electron chi connectivity index (χ4n) is 1.32. The fraction of sp³-hybridized carbons (Fsp3) is 0.308. The van der Waals surface area contributed by atoms with Crippen molar-refractivity contribution in [2.24, 2.45) is 0 Å². The van der Waals surface area contributed by atoms with Crippen LogP contribution in [0.25, 0.3) is 6.08 Å². The number of hydrogen-bond donors (Lipinski definition) is 2. The van der Waals surface area contributed by atoms with Crippen molar-refractivity contribution in [2.75, 3.05) is 0 Å². The maximum atomic E-state index is 11.6. The molecule has 1 aromatic carbocycles. The third-order valence-electron chi connectivity index (χ3n) is 2.47. The van der Waals surface area contributed by atoms with Gasteiger partial charge in [0, 0.05) is 12.6 Å². The van der Waals surface area contributed by atoms with Gasteiger partial charge >= 0.3 is 5.97 Å². The van der Waals surface area contributed by atoms with Crippen LogP contribution in [-0.2, 0) is 21.4 Å². The molecule has 0 saturated heterocycles. The highest BCUT2D eigenvalue weighted by Crippen LogP contribution is 2.08. The van der Waals surface area contributed by atoms with E-state index in [2.05, 4.69) is 4.72 Å². The average Bonchev–Trinajstić information content (AvgIpc) is 2.34. The zero-order valence-electron chi connectivity index (χ0n) is 10.8. The third kappa shape index (κ3) is 5.23. The van der Waals surface area contributed by atoms with Gasteiger partial charge in [0.05, 0.1) is 5.25 Å². The van der Waals surface area contributed by atoms with Gasteiger partial charge in [-0.1, -0.05) is 24.3 Å². The van der Waals surface area contributed by atoms with Gasteiger partial charge in [-0.15, -0.1) is 0 Å². The molecule has 0 spiro atoms. The van der Waals surface area contributed by atoms with E-state index in [0.717, 1.165) is 11.6 Å². The second-order valence-corrected chi connectivity index (χ2v) is 6.65. The number of carboxylic acid groups (broad SMARTS) is 1. The van der Waals surface area contributed by atoms with E-state index < -0.39 is 21.2 Å². The lowest BCUT2D eigenvalue weighted by molar-refractivity contribution is -0.131. The van der Waals surface area contributed by atoms with E-state index in [1.165, 1.54) is 6.08 Å². The first-order valence-corrected chi connectivity index (χ1v) is 7.34. The van der Waals surface area contributed by atoms with E-state index in [4.69, 9.17) is 5.11 Å². The van der Waals surface area contributed by atoms with Gasteiger partial charge in [-0.25, -0.2) is 17.9 Å². The number of carboxylic acids is 1. The Kier molecular flexibility index (Phi) is 5.26. The van der Waals surface area contributed by atoms with E-state index in [0.29, 0.717) is 5.56 Å². The summed E-state index contributed by atoms with van der Waals surface area (Å²) in [5, 5.41) is 8.05. The number of benzene rings is 1. The molecule has 0 amide bonds. The average molecular weight is 283 g/mol. The molecule has 0 saturated carbocycles. The zero-order chi connectivity index (χ0) is 14.5. The molecule has 0 fully saturated rings. The summed E-state index contributed by atoms with van der Waals surface area (Å²) in [4.78, 5) is 10.4. The van der Waals surface area contributed by atoms with Gasteiger partial charge in [0.25, 0.3) is 0 Å². The molecule has 104 valence electrons. The Balaban J connectivity index is 2.76. The lowest BCUT2D eigenvalue weighted by atomic mass is 10.1. The van der Waals surface area contributed by atoms with Crippen LogP contribution in [0.15, 0.2) is 30.3 Å². The van der Waals surface area contributed by atoms with Crippen molar-refractivity contribution in [3.05, 3.63) is 41.5 Å². The molecule has 19 heavy (non-hydrogen) atoms. The predicted octanol–water partition coefficient (Wildman–Crippen LogP) is 1.61. The lowest BCUT2D eigenvalue weighted by Crippen LogP contribution is -2.30. The topological polar surface area (TPSA) is 83.5 Å². The molecule has 2 N–H and O–H groups in total. The van der Waals surface area contributed by atoms with Gasteiger partial charge in [-0.2, -0.15) is 0 Å². The van der Waals surface area contributed by atoms with Gasteiger partial charge in [-0.3, -0.25) is 0 Å². The maximum Gasteiger partial charge on any atom is 0.328 e. The minimum atomic E-state index is -3.30. The van der Waals surface area contributed by atoms with Crippen molar-refractivity contribution in [2.45, 2.75) is 25.6 Å². The van der Waals surface area contributed by atoms with Gasteiger partial charge in [-0.05, 0) is 31.1 Å². The summed E-state index contributed by atoms with van der Waals surface area (Å²) in [5.41, 5.74) is 1.49. The zero-order valence-corrected chi connectivity index (χ0v) is 11.6. The molecule has 0 aliphatic heterocycles. The number of rotatable bonds is 6. The van der Waals surface area contributed by atoms with Crippen molar-refractivity contribution in [3.63, 3.8) is 0 Å². The van der Waals surface area contributed by atoms with Crippen LogP contribution < -0.4 is 4.72 Å². The first-order chi connectivity index (χ1) is 8.81. The highest BCUT2D eigenvalue weighted by Gasteiger charge is 2.14. The van der Waals surface area contributed by atoms with Gasteiger partial charge in [0.2, 0.25) is 10.0 Å². The number of sulfonamides is 1. The molecule has 0 aromatic heterocycles. The summed E-state index contributed by atoms with van der Waals surface area (Å²) in [5.74, 6) is -1.02. The molecule has 1 aromatic rings. The standard InChI is InChI=1S/C13H17NO4S/c1-10(2)19(17,18)14-9-12-5-3-4-11(8-12)6-7-13(15)16/h3-8,10,14H,9H2,1-2H3,(H,15,16)/b7-6+. The molecule has 0 atom stereocenters.